The summed E-state index contributed by atoms with van der Waals surface area (Å²) in [5.41, 5.74) is 5.14. The molecule has 1 N–H and O–H groups in total. The average Bonchev–Trinajstić information content (AvgIpc) is 2.74. The molecule has 2 aromatic rings. The van der Waals surface area contributed by atoms with Gasteiger partial charge in [0.05, 0.1) is 11.6 Å². The lowest BCUT2D eigenvalue weighted by Crippen LogP contribution is -2.03. The van der Waals surface area contributed by atoms with Gasteiger partial charge in [0.15, 0.2) is 0 Å². The molecule has 0 amide bonds. The topological polar surface area (TPSA) is 33.1 Å². The van der Waals surface area contributed by atoms with Gasteiger partial charge in [0.25, 0.3) is 0 Å². The number of hydrogen-bond acceptors (Lipinski definition) is 3. The fourth-order valence-corrected chi connectivity index (χ4v) is 2.40. The third-order valence-corrected chi connectivity index (χ3v) is 3.47. The second-order valence-corrected chi connectivity index (χ2v) is 5.02. The van der Waals surface area contributed by atoms with Crippen LogP contribution in [0.25, 0.3) is 0 Å². The molecule has 84 valence electrons. The van der Waals surface area contributed by atoms with E-state index in [1.54, 1.807) is 16.8 Å². The highest BCUT2D eigenvalue weighted by Gasteiger charge is 2.12. The first kappa shape index (κ1) is 11.3. The van der Waals surface area contributed by atoms with E-state index in [1.165, 1.54) is 5.56 Å². The molecule has 3 heteroatoms. The average molecular weight is 233 g/mol. The molecule has 0 aliphatic carbocycles. The molecule has 1 unspecified atom stereocenters. The maximum absolute atomic E-state index is 10.2. The van der Waals surface area contributed by atoms with E-state index in [4.69, 9.17) is 0 Å². The summed E-state index contributed by atoms with van der Waals surface area (Å²) in [6.45, 7) is 4.08. The largest absolute Gasteiger partial charge is 0.388 e. The summed E-state index contributed by atoms with van der Waals surface area (Å²) in [4.78, 5) is 5.14. The van der Waals surface area contributed by atoms with Gasteiger partial charge in [-0.05, 0) is 25.0 Å². The van der Waals surface area contributed by atoms with Crippen LogP contribution in [0.3, 0.4) is 0 Å². The molecule has 1 aromatic heterocycles. The van der Waals surface area contributed by atoms with Gasteiger partial charge in [0.1, 0.15) is 0 Å². The van der Waals surface area contributed by atoms with Crippen LogP contribution in [0.1, 0.15) is 27.7 Å². The Balaban J connectivity index is 2.20. The molecular weight excluding hydrogens is 218 g/mol. The Hall–Kier alpha value is -1.19. The number of aliphatic hydroxyl groups is 1. The molecule has 0 fully saturated rings. The van der Waals surface area contributed by atoms with Gasteiger partial charge in [0.2, 0.25) is 0 Å². The SMILES string of the molecule is Cc1ccc(C)c(C(O)Cc2cncs2)c1. The molecule has 0 radical (unpaired) electrons. The molecule has 0 saturated heterocycles. The number of aromatic nitrogens is 1. The van der Waals surface area contributed by atoms with E-state index in [9.17, 15) is 5.11 Å². The van der Waals surface area contributed by atoms with Crippen LogP contribution in [0.2, 0.25) is 0 Å². The zero-order valence-corrected chi connectivity index (χ0v) is 10.3. The lowest BCUT2D eigenvalue weighted by Gasteiger charge is -2.13. The third kappa shape index (κ3) is 2.49. The Labute approximate surface area is 99.6 Å². The standard InChI is InChI=1S/C13H15NOS/c1-9-3-4-10(2)12(5-9)13(15)6-11-7-14-8-16-11/h3-5,7-8,13,15H,6H2,1-2H3. The third-order valence-electron chi connectivity index (χ3n) is 2.67. The first-order valence-electron chi connectivity index (χ1n) is 5.29. The maximum Gasteiger partial charge on any atom is 0.0841 e. The normalized spacial score (nSPS) is 12.7. The smallest absolute Gasteiger partial charge is 0.0841 e. The summed E-state index contributed by atoms with van der Waals surface area (Å²) in [7, 11) is 0. The van der Waals surface area contributed by atoms with E-state index < -0.39 is 6.10 Å². The second-order valence-electron chi connectivity index (χ2n) is 4.05. The monoisotopic (exact) mass is 233 g/mol. The van der Waals surface area contributed by atoms with Crippen LogP contribution in [-0.2, 0) is 6.42 Å². The number of aryl methyl sites for hydroxylation is 2. The lowest BCUT2D eigenvalue weighted by molar-refractivity contribution is 0.178. The minimum absolute atomic E-state index is 0.430. The van der Waals surface area contributed by atoms with Crippen molar-refractivity contribution in [3.63, 3.8) is 0 Å². The van der Waals surface area contributed by atoms with Crippen LogP contribution < -0.4 is 0 Å². The fraction of sp³-hybridized carbons (Fsp3) is 0.308. The molecule has 1 heterocycles. The quantitative estimate of drug-likeness (QED) is 0.884. The van der Waals surface area contributed by atoms with E-state index in [0.29, 0.717) is 6.42 Å². The van der Waals surface area contributed by atoms with Gasteiger partial charge in [-0.15, -0.1) is 11.3 Å². The number of thiazole rings is 1. The van der Waals surface area contributed by atoms with Crippen molar-refractivity contribution < 1.29 is 5.11 Å². The van der Waals surface area contributed by atoms with Crippen molar-refractivity contribution in [1.29, 1.82) is 0 Å². The molecule has 0 bridgehead atoms. The number of benzene rings is 1. The van der Waals surface area contributed by atoms with Crippen molar-refractivity contribution in [2.45, 2.75) is 26.4 Å². The molecule has 0 saturated carbocycles. The summed E-state index contributed by atoms with van der Waals surface area (Å²) in [5, 5.41) is 10.2. The Kier molecular flexibility index (Phi) is 3.36. The fourth-order valence-electron chi connectivity index (χ4n) is 1.76. The van der Waals surface area contributed by atoms with Gasteiger partial charge in [-0.2, -0.15) is 0 Å². The molecule has 16 heavy (non-hydrogen) atoms. The summed E-state index contributed by atoms with van der Waals surface area (Å²) in [6.07, 6.45) is 2.04. The van der Waals surface area contributed by atoms with Gasteiger partial charge >= 0.3 is 0 Å². The molecule has 0 spiro atoms. The first-order valence-corrected chi connectivity index (χ1v) is 6.17. The highest BCUT2D eigenvalue weighted by molar-refractivity contribution is 7.09. The number of nitrogens with zero attached hydrogens (tertiary/aromatic N) is 1. The summed E-state index contributed by atoms with van der Waals surface area (Å²) in [6, 6.07) is 6.18. The summed E-state index contributed by atoms with van der Waals surface area (Å²) in [5.74, 6) is 0. The maximum atomic E-state index is 10.2. The van der Waals surface area contributed by atoms with Crippen LogP contribution in [0.4, 0.5) is 0 Å². The van der Waals surface area contributed by atoms with Crippen LogP contribution >= 0.6 is 11.3 Å². The Morgan fingerprint density at radius 2 is 2.19 bits per heavy atom. The van der Waals surface area contributed by atoms with Crippen LogP contribution in [0.15, 0.2) is 29.9 Å². The van der Waals surface area contributed by atoms with E-state index in [1.807, 2.05) is 20.0 Å². The van der Waals surface area contributed by atoms with Gasteiger partial charge in [0, 0.05) is 17.5 Å². The summed E-state index contributed by atoms with van der Waals surface area (Å²) >= 11 is 1.58. The van der Waals surface area contributed by atoms with Crippen molar-refractivity contribution in [3.05, 3.63) is 51.5 Å². The van der Waals surface area contributed by atoms with Crippen molar-refractivity contribution in [2.24, 2.45) is 0 Å². The molecule has 1 aromatic carbocycles. The minimum Gasteiger partial charge on any atom is -0.388 e. The van der Waals surface area contributed by atoms with Crippen LogP contribution in [-0.4, -0.2) is 10.1 Å². The number of aliphatic hydroxyl groups excluding tert-OH is 1. The molecule has 1 atom stereocenters. The summed E-state index contributed by atoms with van der Waals surface area (Å²) < 4.78 is 0. The number of hydrogen-bond donors (Lipinski definition) is 1. The van der Waals surface area contributed by atoms with E-state index in [2.05, 4.69) is 23.2 Å². The molecule has 2 rings (SSSR count). The van der Waals surface area contributed by atoms with Crippen LogP contribution in [0, 0.1) is 13.8 Å². The highest BCUT2D eigenvalue weighted by atomic mass is 32.1. The molecule has 0 aliphatic rings. The van der Waals surface area contributed by atoms with Gasteiger partial charge in [-0.1, -0.05) is 23.8 Å². The van der Waals surface area contributed by atoms with E-state index in [-0.39, 0.29) is 0 Å². The van der Waals surface area contributed by atoms with Crippen molar-refractivity contribution in [3.8, 4) is 0 Å². The van der Waals surface area contributed by atoms with Crippen molar-refractivity contribution in [2.75, 3.05) is 0 Å². The Morgan fingerprint density at radius 1 is 1.38 bits per heavy atom. The molecular formula is C13H15NOS. The van der Waals surface area contributed by atoms with Gasteiger partial charge < -0.3 is 5.11 Å². The predicted molar refractivity (Wildman–Crippen MR) is 66.7 cm³/mol. The highest BCUT2D eigenvalue weighted by Crippen LogP contribution is 2.23. The zero-order chi connectivity index (χ0) is 11.5. The lowest BCUT2D eigenvalue weighted by atomic mass is 9.99. The van der Waals surface area contributed by atoms with Crippen molar-refractivity contribution >= 4 is 11.3 Å². The van der Waals surface area contributed by atoms with Gasteiger partial charge in [-0.3, -0.25) is 4.98 Å². The van der Waals surface area contributed by atoms with Gasteiger partial charge in [-0.25, -0.2) is 0 Å². The molecule has 2 nitrogen and oxygen atoms in total. The Bertz CT molecular complexity index is 465. The number of rotatable bonds is 3. The van der Waals surface area contributed by atoms with E-state index >= 15 is 0 Å². The van der Waals surface area contributed by atoms with E-state index in [0.717, 1.165) is 16.0 Å². The minimum atomic E-state index is -0.430. The Morgan fingerprint density at radius 3 is 2.88 bits per heavy atom. The molecule has 0 aliphatic heterocycles. The first-order chi connectivity index (χ1) is 7.66. The zero-order valence-electron chi connectivity index (χ0n) is 9.47. The predicted octanol–water partition coefficient (Wildman–Crippen LogP) is 3.04. The second kappa shape index (κ2) is 4.76. The van der Waals surface area contributed by atoms with Crippen molar-refractivity contribution in [1.82, 2.24) is 4.98 Å². The van der Waals surface area contributed by atoms with Crippen LogP contribution in [0.5, 0.6) is 0 Å².